The van der Waals surface area contributed by atoms with E-state index >= 15 is 0 Å². The minimum Gasteiger partial charge on any atom is -0.370 e. The average Bonchev–Trinajstić information content (AvgIpc) is 2.78. The van der Waals surface area contributed by atoms with Crippen molar-refractivity contribution in [3.8, 4) is 6.07 Å². The third-order valence-corrected chi connectivity index (χ3v) is 6.85. The number of hydrogen-bond acceptors (Lipinski definition) is 4. The molecule has 33 heavy (non-hydrogen) atoms. The lowest BCUT2D eigenvalue weighted by Gasteiger charge is -2.48. The molecule has 0 spiro atoms. The van der Waals surface area contributed by atoms with Crippen LogP contribution in [0.3, 0.4) is 0 Å². The highest BCUT2D eigenvalue weighted by Crippen LogP contribution is 2.29. The summed E-state index contributed by atoms with van der Waals surface area (Å²) >= 11 is 0. The molecule has 1 atom stereocenters. The Morgan fingerprint density at radius 3 is 2.42 bits per heavy atom. The lowest BCUT2D eigenvalue weighted by Crippen LogP contribution is -2.64. The van der Waals surface area contributed by atoms with E-state index in [2.05, 4.69) is 21.2 Å². The maximum absolute atomic E-state index is 13.7. The van der Waals surface area contributed by atoms with E-state index in [1.807, 2.05) is 38.1 Å². The number of nitrogens with one attached hydrogen (secondary N) is 1. The monoisotopic (exact) mass is 452 g/mol. The van der Waals surface area contributed by atoms with Gasteiger partial charge in [-0.05, 0) is 48.6 Å². The fraction of sp³-hybridized carbons (Fsp3) is 0.462. The summed E-state index contributed by atoms with van der Waals surface area (Å²) in [7, 11) is 0. The van der Waals surface area contributed by atoms with Gasteiger partial charge in [-0.1, -0.05) is 32.0 Å². The summed E-state index contributed by atoms with van der Waals surface area (Å²) in [5.74, 6) is -2.52. The molecule has 0 bridgehead atoms. The van der Waals surface area contributed by atoms with Crippen LogP contribution in [0.15, 0.2) is 42.5 Å². The smallest absolute Gasteiger partial charge is 0.228 e. The zero-order chi connectivity index (χ0) is 23.5. The number of benzene rings is 2. The van der Waals surface area contributed by atoms with Crippen LogP contribution in [-0.2, 0) is 4.79 Å². The van der Waals surface area contributed by atoms with Crippen LogP contribution in [0.4, 0.5) is 14.5 Å². The molecule has 2 aromatic carbocycles. The lowest BCUT2D eigenvalue weighted by atomic mass is 9.87. The van der Waals surface area contributed by atoms with Crippen LogP contribution >= 0.6 is 0 Å². The molecule has 5 nitrogen and oxygen atoms in total. The van der Waals surface area contributed by atoms with E-state index in [9.17, 15) is 18.8 Å². The molecule has 2 aliphatic heterocycles. The van der Waals surface area contributed by atoms with Gasteiger partial charge in [0.2, 0.25) is 5.91 Å². The number of anilines is 1. The highest BCUT2D eigenvalue weighted by atomic mass is 19.2. The number of para-hydroxylation sites is 1. The summed E-state index contributed by atoms with van der Waals surface area (Å²) in [4.78, 5) is 17.6. The van der Waals surface area contributed by atoms with E-state index in [1.54, 1.807) is 0 Å². The van der Waals surface area contributed by atoms with Crippen molar-refractivity contribution in [1.82, 2.24) is 10.2 Å². The Kier molecular flexibility index (Phi) is 6.94. The van der Waals surface area contributed by atoms with Gasteiger partial charge in [0.25, 0.3) is 0 Å². The second-order valence-electron chi connectivity index (χ2n) is 9.40. The number of amides is 1. The molecule has 0 aliphatic carbocycles. The normalized spacial score (nSPS) is 18.6. The third kappa shape index (κ3) is 5.01. The number of likely N-dealkylation sites (tertiary alicyclic amines) is 1. The number of piperidine rings is 1. The Bertz CT molecular complexity index is 1040. The summed E-state index contributed by atoms with van der Waals surface area (Å²) in [6.45, 7) is 7.24. The van der Waals surface area contributed by atoms with Gasteiger partial charge in [0.15, 0.2) is 11.6 Å². The molecule has 174 valence electrons. The van der Waals surface area contributed by atoms with Gasteiger partial charge in [-0.25, -0.2) is 8.78 Å². The van der Waals surface area contributed by atoms with Crippen molar-refractivity contribution in [1.29, 1.82) is 5.26 Å². The molecule has 0 saturated carbocycles. The fourth-order valence-electron chi connectivity index (χ4n) is 5.05. The molecule has 0 aromatic heterocycles. The lowest BCUT2D eigenvalue weighted by molar-refractivity contribution is -0.125. The molecule has 2 saturated heterocycles. The van der Waals surface area contributed by atoms with Gasteiger partial charge in [0.05, 0.1) is 23.2 Å². The Labute approximate surface area is 194 Å². The van der Waals surface area contributed by atoms with Gasteiger partial charge in [-0.3, -0.25) is 9.69 Å². The van der Waals surface area contributed by atoms with Crippen molar-refractivity contribution in [2.45, 2.75) is 44.7 Å². The van der Waals surface area contributed by atoms with Gasteiger partial charge in [0.1, 0.15) is 6.07 Å². The average molecular weight is 453 g/mol. The number of nitriles is 1. The molecule has 2 fully saturated rings. The highest BCUT2D eigenvalue weighted by Gasteiger charge is 2.36. The molecule has 1 unspecified atom stereocenters. The second-order valence-corrected chi connectivity index (χ2v) is 9.40. The summed E-state index contributed by atoms with van der Waals surface area (Å²) in [6.07, 6.45) is 2.04. The van der Waals surface area contributed by atoms with Crippen LogP contribution in [0.25, 0.3) is 0 Å². The van der Waals surface area contributed by atoms with Crippen LogP contribution < -0.4 is 10.2 Å². The number of halogens is 2. The Hall–Kier alpha value is -2.98. The van der Waals surface area contributed by atoms with Gasteiger partial charge in [-0.15, -0.1) is 0 Å². The van der Waals surface area contributed by atoms with Gasteiger partial charge in [0, 0.05) is 32.2 Å². The largest absolute Gasteiger partial charge is 0.370 e. The quantitative estimate of drug-likeness (QED) is 0.719. The third-order valence-electron chi connectivity index (χ3n) is 6.85. The summed E-state index contributed by atoms with van der Waals surface area (Å²) in [5.41, 5.74) is 2.22. The topological polar surface area (TPSA) is 59.4 Å². The Balaban J connectivity index is 1.28. The van der Waals surface area contributed by atoms with Crippen molar-refractivity contribution in [3.05, 3.63) is 65.2 Å². The molecular weight excluding hydrogens is 422 g/mol. The van der Waals surface area contributed by atoms with Gasteiger partial charge in [-0.2, -0.15) is 5.26 Å². The van der Waals surface area contributed by atoms with Crippen LogP contribution in [-0.4, -0.2) is 49.1 Å². The molecule has 0 radical (unpaired) electrons. The molecule has 1 amide bonds. The van der Waals surface area contributed by atoms with Crippen LogP contribution in [0.5, 0.6) is 0 Å². The standard InChI is InChI=1S/C26H30F2N4O/c1-17(2)25(18-7-8-22(27)23(28)13-18)26(33)30-20-15-32(16-20)21-9-11-31(12-10-21)24-6-4-3-5-19(24)14-29/h3-8,13,17,20-21,25H,9-12,15-16H2,1-2H3,(H,30,33). The van der Waals surface area contributed by atoms with E-state index in [0.29, 0.717) is 17.2 Å². The first kappa shape index (κ1) is 23.2. The number of nitrogens with zero attached hydrogens (tertiary/aromatic N) is 3. The summed E-state index contributed by atoms with van der Waals surface area (Å²) in [6, 6.07) is 14.2. The van der Waals surface area contributed by atoms with Crippen molar-refractivity contribution in [2.75, 3.05) is 31.1 Å². The van der Waals surface area contributed by atoms with Crippen LogP contribution in [0.2, 0.25) is 0 Å². The van der Waals surface area contributed by atoms with Crippen molar-refractivity contribution in [2.24, 2.45) is 5.92 Å². The first-order chi connectivity index (χ1) is 15.9. The van der Waals surface area contributed by atoms with E-state index in [-0.39, 0.29) is 17.9 Å². The number of carbonyl (C=O) groups excluding carboxylic acids is 1. The van der Waals surface area contributed by atoms with E-state index in [1.165, 1.54) is 6.07 Å². The molecule has 2 heterocycles. The molecule has 2 aromatic rings. The zero-order valence-corrected chi connectivity index (χ0v) is 19.1. The van der Waals surface area contributed by atoms with Crippen molar-refractivity contribution in [3.63, 3.8) is 0 Å². The Morgan fingerprint density at radius 2 is 1.79 bits per heavy atom. The SMILES string of the molecule is CC(C)C(C(=O)NC1CN(C2CCN(c3ccccc3C#N)CC2)C1)c1ccc(F)c(F)c1. The summed E-state index contributed by atoms with van der Waals surface area (Å²) < 4.78 is 27.0. The molecule has 4 rings (SSSR count). The van der Waals surface area contributed by atoms with E-state index < -0.39 is 17.6 Å². The number of hydrogen-bond donors (Lipinski definition) is 1. The molecular formula is C26H30F2N4O. The van der Waals surface area contributed by atoms with E-state index in [4.69, 9.17) is 0 Å². The summed E-state index contributed by atoms with van der Waals surface area (Å²) in [5, 5.41) is 12.5. The first-order valence-corrected chi connectivity index (χ1v) is 11.6. The van der Waals surface area contributed by atoms with Gasteiger partial charge < -0.3 is 10.2 Å². The maximum atomic E-state index is 13.7. The predicted octanol–water partition coefficient (Wildman–Crippen LogP) is 4.05. The number of carbonyl (C=O) groups is 1. The van der Waals surface area contributed by atoms with Crippen LogP contribution in [0, 0.1) is 28.9 Å². The number of rotatable bonds is 6. The van der Waals surface area contributed by atoms with Gasteiger partial charge >= 0.3 is 0 Å². The van der Waals surface area contributed by atoms with Crippen molar-refractivity contribution >= 4 is 11.6 Å². The molecule has 1 N–H and O–H groups in total. The highest BCUT2D eigenvalue weighted by molar-refractivity contribution is 5.84. The maximum Gasteiger partial charge on any atom is 0.228 e. The minimum atomic E-state index is -0.926. The zero-order valence-electron chi connectivity index (χ0n) is 19.1. The van der Waals surface area contributed by atoms with Crippen molar-refractivity contribution < 1.29 is 13.6 Å². The molecule has 7 heteroatoms. The van der Waals surface area contributed by atoms with Crippen LogP contribution in [0.1, 0.15) is 43.7 Å². The second kappa shape index (κ2) is 9.88. The fourth-order valence-corrected chi connectivity index (χ4v) is 5.05. The van der Waals surface area contributed by atoms with E-state index in [0.717, 1.165) is 56.8 Å². The minimum absolute atomic E-state index is 0.0355. The predicted molar refractivity (Wildman–Crippen MR) is 124 cm³/mol. The molecule has 2 aliphatic rings. The Morgan fingerprint density at radius 1 is 1.09 bits per heavy atom. The first-order valence-electron chi connectivity index (χ1n) is 11.6.